The first-order chi connectivity index (χ1) is 22.7. The van der Waals surface area contributed by atoms with Gasteiger partial charge in [0.15, 0.2) is 0 Å². The van der Waals surface area contributed by atoms with E-state index in [1.165, 1.54) is 0 Å². The van der Waals surface area contributed by atoms with Crippen LogP contribution in [-0.2, 0) is 14.4 Å². The second kappa shape index (κ2) is 13.3. The maximum absolute atomic E-state index is 15.2. The first-order valence-corrected chi connectivity index (χ1v) is 17.5. The van der Waals surface area contributed by atoms with E-state index in [0.717, 1.165) is 28.6 Å². The zero-order valence-electron chi connectivity index (χ0n) is 27.5. The van der Waals surface area contributed by atoms with Crippen molar-refractivity contribution in [3.63, 3.8) is 0 Å². The highest BCUT2D eigenvalue weighted by atomic mass is 32.2. The number of hydrogen-bond donors (Lipinski definition) is 1. The van der Waals surface area contributed by atoms with Crippen molar-refractivity contribution in [1.82, 2.24) is 4.90 Å². The molecule has 47 heavy (non-hydrogen) atoms. The Morgan fingerprint density at radius 3 is 2.23 bits per heavy atom. The molecule has 7 nitrogen and oxygen atoms in total. The number of amides is 3. The number of nitrogens with zero attached hydrogens (tertiary/aromatic N) is 3. The van der Waals surface area contributed by atoms with Crippen LogP contribution in [0.5, 0.6) is 0 Å². The minimum Gasteiger partial charge on any atom is -0.394 e. The fourth-order valence-electron chi connectivity index (χ4n) is 8.42. The van der Waals surface area contributed by atoms with Crippen LogP contribution in [0.1, 0.15) is 33.6 Å². The fourth-order valence-corrected chi connectivity index (χ4v) is 10.8. The van der Waals surface area contributed by atoms with Gasteiger partial charge in [-0.25, -0.2) is 0 Å². The fraction of sp³-hybridized carbons (Fsp3) is 0.410. The quantitative estimate of drug-likeness (QED) is 0.232. The summed E-state index contributed by atoms with van der Waals surface area (Å²) in [5.74, 6) is -1.63. The van der Waals surface area contributed by atoms with Crippen LogP contribution >= 0.6 is 11.8 Å². The number of anilines is 2. The zero-order valence-corrected chi connectivity index (χ0v) is 28.3. The molecule has 246 valence electrons. The largest absolute Gasteiger partial charge is 0.394 e. The van der Waals surface area contributed by atoms with E-state index in [9.17, 15) is 14.7 Å². The minimum absolute atomic E-state index is 0.000364. The summed E-state index contributed by atoms with van der Waals surface area (Å²) in [4.78, 5) is 50.0. The van der Waals surface area contributed by atoms with Crippen molar-refractivity contribution in [3.05, 3.63) is 98.1 Å². The van der Waals surface area contributed by atoms with Crippen molar-refractivity contribution in [2.24, 2.45) is 23.7 Å². The van der Waals surface area contributed by atoms with Crippen molar-refractivity contribution < 1.29 is 19.5 Å². The predicted octanol–water partition coefficient (Wildman–Crippen LogP) is 6.32. The van der Waals surface area contributed by atoms with Crippen molar-refractivity contribution in [3.8, 4) is 0 Å². The van der Waals surface area contributed by atoms with Crippen molar-refractivity contribution in [1.29, 1.82) is 0 Å². The van der Waals surface area contributed by atoms with Crippen molar-refractivity contribution in [2.45, 2.75) is 55.7 Å². The number of aliphatic hydroxyl groups is 1. The third-order valence-electron chi connectivity index (χ3n) is 10.3. The summed E-state index contributed by atoms with van der Waals surface area (Å²) in [6, 6.07) is 22.1. The molecule has 3 fully saturated rings. The van der Waals surface area contributed by atoms with Crippen LogP contribution in [0.25, 0.3) is 10.8 Å². The Kier molecular flexibility index (Phi) is 9.36. The molecular weight excluding hydrogens is 607 g/mol. The normalized spacial score (nSPS) is 26.8. The van der Waals surface area contributed by atoms with Gasteiger partial charge in [0, 0.05) is 29.7 Å². The summed E-state index contributed by atoms with van der Waals surface area (Å²) in [7, 11) is 0. The van der Waals surface area contributed by atoms with Crippen LogP contribution in [0.4, 0.5) is 11.4 Å². The molecule has 3 aromatic rings. The van der Waals surface area contributed by atoms with E-state index in [1.807, 2.05) is 72.8 Å². The summed E-state index contributed by atoms with van der Waals surface area (Å²) in [6.45, 7) is 14.4. The second-order valence-corrected chi connectivity index (χ2v) is 15.2. The number of likely N-dealkylation sites (tertiary alicyclic amines) is 1. The van der Waals surface area contributed by atoms with Gasteiger partial charge < -0.3 is 19.8 Å². The zero-order chi connectivity index (χ0) is 33.5. The van der Waals surface area contributed by atoms with E-state index < -0.39 is 28.7 Å². The SMILES string of the molecule is C=CCN(C(=O)C1N([C@@H](CO)CC(C)C)C(=O)[C@@H]2[C@H](C(=O)N(CC=C)c3ccccc3)[C@@H]3CC(C)C12S3)c1ccc2ccccc2c1. The maximum Gasteiger partial charge on any atom is 0.251 e. The monoisotopic (exact) mass is 651 g/mol. The molecule has 0 radical (unpaired) electrons. The van der Waals surface area contributed by atoms with Gasteiger partial charge in [0.05, 0.1) is 29.2 Å². The molecule has 7 atom stereocenters. The topological polar surface area (TPSA) is 81.2 Å². The van der Waals surface area contributed by atoms with Gasteiger partial charge >= 0.3 is 0 Å². The first-order valence-electron chi connectivity index (χ1n) is 16.7. The molecule has 1 N–H and O–H groups in total. The summed E-state index contributed by atoms with van der Waals surface area (Å²) in [5, 5.41) is 12.8. The summed E-state index contributed by atoms with van der Waals surface area (Å²) < 4.78 is -0.823. The van der Waals surface area contributed by atoms with Gasteiger partial charge in [-0.3, -0.25) is 14.4 Å². The van der Waals surface area contributed by atoms with Crippen LogP contribution < -0.4 is 9.80 Å². The Bertz CT molecular complexity index is 1680. The number of carbonyl (C=O) groups excluding carboxylic acids is 3. The Balaban J connectivity index is 1.47. The van der Waals surface area contributed by atoms with E-state index in [4.69, 9.17) is 0 Å². The molecule has 3 amide bonds. The Morgan fingerprint density at radius 1 is 0.957 bits per heavy atom. The van der Waals surface area contributed by atoms with Crippen molar-refractivity contribution in [2.75, 3.05) is 29.5 Å². The van der Waals surface area contributed by atoms with E-state index in [2.05, 4.69) is 33.9 Å². The molecule has 3 heterocycles. The van der Waals surface area contributed by atoms with Crippen molar-refractivity contribution >= 4 is 51.6 Å². The number of rotatable bonds is 12. The molecule has 0 aliphatic carbocycles. The smallest absolute Gasteiger partial charge is 0.251 e. The third-order valence-corrected chi connectivity index (χ3v) is 12.4. The van der Waals surface area contributed by atoms with E-state index >= 15 is 4.79 Å². The molecule has 6 rings (SSSR count). The maximum atomic E-state index is 15.2. The van der Waals surface area contributed by atoms with Crippen LogP contribution in [-0.4, -0.2) is 69.5 Å². The van der Waals surface area contributed by atoms with Gasteiger partial charge in [-0.1, -0.05) is 81.5 Å². The average molecular weight is 652 g/mol. The molecule has 3 aliphatic heterocycles. The summed E-state index contributed by atoms with van der Waals surface area (Å²) in [5.41, 5.74) is 1.48. The number of benzene rings is 3. The van der Waals surface area contributed by atoms with Gasteiger partial charge in [-0.05, 0) is 59.7 Å². The molecule has 0 saturated carbocycles. The lowest BCUT2D eigenvalue weighted by atomic mass is 9.65. The lowest BCUT2D eigenvalue weighted by molar-refractivity contribution is -0.142. The first kappa shape index (κ1) is 33.0. The number of fused-ring (bicyclic) bond motifs is 2. The summed E-state index contributed by atoms with van der Waals surface area (Å²) in [6.07, 6.45) is 4.69. The molecule has 1 spiro atoms. The highest BCUT2D eigenvalue weighted by Gasteiger charge is 2.77. The lowest BCUT2D eigenvalue weighted by Crippen LogP contribution is -2.59. The Labute approximate surface area is 282 Å². The third kappa shape index (κ3) is 5.49. The standard InChI is InChI=1S/C39H45N3O4S/c1-6-19-40(29-15-9-8-10-16-29)36(44)33-32-22-26(5)39(47-32)34(33)37(45)42(31(24-43)21-25(3)4)35(39)38(46)41(20-7-2)30-18-17-27-13-11-12-14-28(27)23-30/h6-18,23,25-26,31-35,43H,1-2,19-22,24H2,3-5H3/t26?,31-,32+,33-,34+,35?,39?/m1/s1. The molecule has 0 aromatic heterocycles. The Hall–Kier alpha value is -3.88. The van der Waals surface area contributed by atoms with Gasteiger partial charge in [-0.15, -0.1) is 24.9 Å². The van der Waals surface area contributed by atoms with E-state index in [1.54, 1.807) is 38.6 Å². The van der Waals surface area contributed by atoms with Crippen LogP contribution in [0.3, 0.4) is 0 Å². The van der Waals surface area contributed by atoms with Crippen LogP contribution in [0.15, 0.2) is 98.1 Å². The highest BCUT2D eigenvalue weighted by Crippen LogP contribution is 2.69. The second-order valence-electron chi connectivity index (χ2n) is 13.6. The molecule has 2 bridgehead atoms. The molecule has 3 aliphatic rings. The average Bonchev–Trinajstić information content (AvgIpc) is 3.68. The summed E-state index contributed by atoms with van der Waals surface area (Å²) >= 11 is 1.66. The molecular formula is C39H45N3O4S. The number of thioether (sulfide) groups is 1. The van der Waals surface area contributed by atoms with Gasteiger partial charge in [0.2, 0.25) is 11.8 Å². The highest BCUT2D eigenvalue weighted by molar-refractivity contribution is 8.02. The number of para-hydroxylation sites is 1. The van der Waals surface area contributed by atoms with E-state index in [0.29, 0.717) is 13.0 Å². The molecule has 3 saturated heterocycles. The predicted molar refractivity (Wildman–Crippen MR) is 191 cm³/mol. The minimum atomic E-state index is -0.852. The van der Waals surface area contributed by atoms with E-state index in [-0.39, 0.29) is 48.0 Å². The molecule has 3 unspecified atom stereocenters. The lowest BCUT2D eigenvalue weighted by Gasteiger charge is -2.42. The number of hydrogen-bond acceptors (Lipinski definition) is 5. The number of carbonyl (C=O) groups is 3. The van der Waals surface area contributed by atoms with Crippen LogP contribution in [0.2, 0.25) is 0 Å². The molecule has 8 heteroatoms. The van der Waals surface area contributed by atoms with Crippen LogP contribution in [0, 0.1) is 23.7 Å². The van der Waals surface area contributed by atoms with Gasteiger partial charge in [-0.2, -0.15) is 0 Å². The number of aliphatic hydroxyl groups excluding tert-OH is 1. The van der Waals surface area contributed by atoms with Gasteiger partial charge in [0.25, 0.3) is 5.91 Å². The Morgan fingerprint density at radius 2 is 1.60 bits per heavy atom. The van der Waals surface area contributed by atoms with Gasteiger partial charge in [0.1, 0.15) is 6.04 Å². The molecule has 3 aromatic carbocycles.